The lowest BCUT2D eigenvalue weighted by Gasteiger charge is -2.40. The zero-order chi connectivity index (χ0) is 25.5. The molecule has 1 aliphatic carbocycles. The number of hydrogen-bond acceptors (Lipinski definition) is 8. The zero-order valence-electron chi connectivity index (χ0n) is 21.1. The van der Waals surface area contributed by atoms with E-state index in [1.165, 1.54) is 25.7 Å². The lowest BCUT2D eigenvalue weighted by atomic mass is 9.73. The number of ether oxygens (including phenoxy) is 1. The highest BCUT2D eigenvalue weighted by molar-refractivity contribution is 7.99. The number of nitrogens with one attached hydrogen (secondary N) is 1. The lowest BCUT2D eigenvalue weighted by Crippen LogP contribution is -2.48. The molecule has 1 amide bonds. The number of likely N-dealkylation sites (tertiary alicyclic amines) is 1. The molecule has 36 heavy (non-hydrogen) atoms. The average Bonchev–Trinajstić information content (AvgIpc) is 3.44. The normalized spacial score (nSPS) is 19.4. The number of hydrogen-bond donors (Lipinski definition) is 4. The number of aliphatic hydroxyl groups excluding tert-OH is 2. The van der Waals surface area contributed by atoms with Crippen LogP contribution in [0.4, 0.5) is 0 Å². The number of fused-ring (bicyclic) bond motifs is 1. The van der Waals surface area contributed by atoms with Crippen molar-refractivity contribution in [2.75, 3.05) is 32.5 Å². The molecule has 1 aromatic heterocycles. The summed E-state index contributed by atoms with van der Waals surface area (Å²) in [6.45, 7) is 2.37. The number of pyridine rings is 1. The minimum absolute atomic E-state index is 0.247. The third kappa shape index (κ3) is 6.14. The number of rotatable bonds is 11. The van der Waals surface area contributed by atoms with E-state index in [0.29, 0.717) is 48.1 Å². The number of methoxy groups -OCH3 is 1. The van der Waals surface area contributed by atoms with Crippen molar-refractivity contribution < 1.29 is 25.0 Å². The molecule has 1 atom stereocenters. The Morgan fingerprint density at radius 1 is 1.31 bits per heavy atom. The molecule has 8 nitrogen and oxygen atoms in total. The highest BCUT2D eigenvalue weighted by Crippen LogP contribution is 2.40. The van der Waals surface area contributed by atoms with E-state index in [9.17, 15) is 20.2 Å². The topological polar surface area (TPSA) is 115 Å². The number of aromatic nitrogens is 1. The van der Waals surface area contributed by atoms with Crippen molar-refractivity contribution in [3.63, 3.8) is 0 Å². The molecule has 2 aliphatic rings. The first-order valence-electron chi connectivity index (χ1n) is 13.0. The molecule has 198 valence electrons. The fraction of sp³-hybridized carbons (Fsp3) is 0.630. The number of hydroxylamine groups is 1. The number of piperidine rings is 1. The molecule has 2 fully saturated rings. The van der Waals surface area contributed by atoms with Gasteiger partial charge in [0.05, 0.1) is 30.8 Å². The Hall–Kier alpha value is -1.91. The van der Waals surface area contributed by atoms with Crippen molar-refractivity contribution in [3.8, 4) is 5.75 Å². The average molecular weight is 518 g/mol. The van der Waals surface area contributed by atoms with Crippen LogP contribution in [-0.4, -0.2) is 69.0 Å². The molecule has 1 aromatic carbocycles. The monoisotopic (exact) mass is 517 g/mol. The summed E-state index contributed by atoms with van der Waals surface area (Å²) < 4.78 is 5.36. The molecule has 1 saturated carbocycles. The fourth-order valence-corrected chi connectivity index (χ4v) is 7.12. The molecule has 1 unspecified atom stereocenters. The smallest absolute Gasteiger partial charge is 0.249 e. The first-order chi connectivity index (χ1) is 17.5. The van der Waals surface area contributed by atoms with Crippen LogP contribution in [0.5, 0.6) is 5.75 Å². The van der Waals surface area contributed by atoms with Gasteiger partial charge < -0.3 is 19.8 Å². The Balaban J connectivity index is 1.42. The molecule has 2 aromatic rings. The quantitative estimate of drug-likeness (QED) is 0.263. The summed E-state index contributed by atoms with van der Waals surface area (Å²) in [5.41, 5.74) is 3.03. The van der Waals surface area contributed by atoms with Gasteiger partial charge in [-0.05, 0) is 75.4 Å². The molecule has 0 bridgehead atoms. The molecule has 2 heterocycles. The molecule has 0 radical (unpaired) electrons. The van der Waals surface area contributed by atoms with Gasteiger partial charge in [-0.25, -0.2) is 5.48 Å². The van der Waals surface area contributed by atoms with E-state index < -0.39 is 11.5 Å². The maximum absolute atomic E-state index is 12.8. The van der Waals surface area contributed by atoms with Crippen LogP contribution in [0, 0.1) is 5.41 Å². The van der Waals surface area contributed by atoms with Crippen molar-refractivity contribution in [3.05, 3.63) is 35.5 Å². The standard InChI is InChI=1S/C27H39N3O5S/c1-35-20-6-7-23-22(16-20)25(19(18-31)17-28-23)24(32)8-9-27(26(33)29-34)10-12-30(13-11-27)14-15-36-21-4-2-3-5-21/h6-7,16-17,21,24,31-32,34H,2-5,8-15,18H2,1H3,(H,29,33). The van der Waals surface area contributed by atoms with Gasteiger partial charge in [-0.2, -0.15) is 11.8 Å². The minimum atomic E-state index is -0.894. The summed E-state index contributed by atoms with van der Waals surface area (Å²) in [6.07, 6.45) is 8.12. The van der Waals surface area contributed by atoms with Crippen LogP contribution in [0.25, 0.3) is 10.9 Å². The number of aliphatic hydroxyl groups is 2. The molecule has 1 aliphatic heterocycles. The van der Waals surface area contributed by atoms with E-state index in [4.69, 9.17) is 4.74 Å². The summed E-state index contributed by atoms with van der Waals surface area (Å²) in [5.74, 6) is 1.38. The summed E-state index contributed by atoms with van der Waals surface area (Å²) in [5, 5.41) is 32.3. The van der Waals surface area contributed by atoms with Gasteiger partial charge in [-0.1, -0.05) is 12.8 Å². The second kappa shape index (κ2) is 12.6. The van der Waals surface area contributed by atoms with Crippen LogP contribution in [0.3, 0.4) is 0 Å². The third-order valence-corrected chi connectivity index (χ3v) is 9.42. The van der Waals surface area contributed by atoms with Gasteiger partial charge in [0.25, 0.3) is 0 Å². The Morgan fingerprint density at radius 3 is 2.72 bits per heavy atom. The molecule has 9 heteroatoms. The molecule has 4 rings (SSSR count). The van der Waals surface area contributed by atoms with Crippen molar-refractivity contribution in [1.82, 2.24) is 15.4 Å². The highest BCUT2D eigenvalue weighted by atomic mass is 32.2. The summed E-state index contributed by atoms with van der Waals surface area (Å²) in [7, 11) is 1.58. The number of carbonyl (C=O) groups excluding carboxylic acids is 1. The fourth-order valence-electron chi connectivity index (χ4n) is 5.75. The number of carbonyl (C=O) groups is 1. The van der Waals surface area contributed by atoms with Crippen molar-refractivity contribution in [1.29, 1.82) is 0 Å². The maximum Gasteiger partial charge on any atom is 0.249 e. The van der Waals surface area contributed by atoms with E-state index in [2.05, 4.69) is 21.6 Å². The highest BCUT2D eigenvalue weighted by Gasteiger charge is 2.41. The van der Waals surface area contributed by atoms with Crippen LogP contribution in [-0.2, 0) is 11.4 Å². The van der Waals surface area contributed by atoms with Crippen LogP contribution in [0.1, 0.15) is 68.6 Å². The third-order valence-electron chi connectivity index (χ3n) is 8.06. The SMILES string of the molecule is COc1ccc2ncc(CO)c(C(O)CCC3(C(=O)NO)CCN(CCSC4CCCC4)CC3)c2c1. The van der Waals surface area contributed by atoms with Crippen LogP contribution in [0.2, 0.25) is 0 Å². The van der Waals surface area contributed by atoms with Crippen molar-refractivity contribution in [2.24, 2.45) is 5.41 Å². The van der Waals surface area contributed by atoms with Crippen LogP contribution >= 0.6 is 11.8 Å². The molecule has 0 spiro atoms. The maximum atomic E-state index is 12.8. The molecule has 1 saturated heterocycles. The van der Waals surface area contributed by atoms with Gasteiger partial charge in [-0.3, -0.25) is 15.0 Å². The van der Waals surface area contributed by atoms with Crippen LogP contribution in [0.15, 0.2) is 24.4 Å². The number of amides is 1. The van der Waals surface area contributed by atoms with Gasteiger partial charge >= 0.3 is 0 Å². The Morgan fingerprint density at radius 2 is 2.06 bits per heavy atom. The Labute approximate surface area is 217 Å². The second-order valence-electron chi connectivity index (χ2n) is 10.1. The lowest BCUT2D eigenvalue weighted by molar-refractivity contribution is -0.143. The number of benzene rings is 1. The van der Waals surface area contributed by atoms with Gasteiger partial charge in [0.2, 0.25) is 5.91 Å². The van der Waals surface area contributed by atoms with Gasteiger partial charge in [-0.15, -0.1) is 0 Å². The van der Waals surface area contributed by atoms with Gasteiger partial charge in [0.15, 0.2) is 0 Å². The molecular weight excluding hydrogens is 478 g/mol. The second-order valence-corrected chi connectivity index (χ2v) is 11.5. The predicted octanol–water partition coefficient (Wildman–Crippen LogP) is 3.81. The summed E-state index contributed by atoms with van der Waals surface area (Å²) >= 11 is 2.08. The molecule has 4 N–H and O–H groups in total. The van der Waals surface area contributed by atoms with Gasteiger partial charge in [0.1, 0.15) is 5.75 Å². The largest absolute Gasteiger partial charge is 0.497 e. The predicted molar refractivity (Wildman–Crippen MR) is 141 cm³/mol. The zero-order valence-corrected chi connectivity index (χ0v) is 21.9. The first kappa shape index (κ1) is 27.1. The van der Waals surface area contributed by atoms with Crippen LogP contribution < -0.4 is 10.2 Å². The Bertz CT molecular complexity index is 1020. The van der Waals surface area contributed by atoms with E-state index in [1.807, 2.05) is 23.7 Å². The van der Waals surface area contributed by atoms with Crippen molar-refractivity contribution in [2.45, 2.75) is 69.3 Å². The van der Waals surface area contributed by atoms with E-state index in [1.54, 1.807) is 13.3 Å². The van der Waals surface area contributed by atoms with Crippen molar-refractivity contribution >= 4 is 28.6 Å². The number of thioether (sulfide) groups is 1. The minimum Gasteiger partial charge on any atom is -0.497 e. The summed E-state index contributed by atoms with van der Waals surface area (Å²) in [6, 6.07) is 5.45. The number of nitrogens with zero attached hydrogens (tertiary/aromatic N) is 2. The van der Waals surface area contributed by atoms with E-state index in [-0.39, 0.29) is 12.5 Å². The van der Waals surface area contributed by atoms with Gasteiger partial charge in [0, 0.05) is 34.7 Å². The van der Waals surface area contributed by atoms with E-state index in [0.717, 1.165) is 36.0 Å². The Kier molecular flexibility index (Phi) is 9.47. The molecular formula is C27H39N3O5S. The summed E-state index contributed by atoms with van der Waals surface area (Å²) in [4.78, 5) is 19.6. The first-order valence-corrected chi connectivity index (χ1v) is 14.1. The van der Waals surface area contributed by atoms with E-state index >= 15 is 0 Å².